The maximum atomic E-state index is 14.0. The molecule has 0 saturated carbocycles. The lowest BCUT2D eigenvalue weighted by Gasteiger charge is -2.23. The third kappa shape index (κ3) is 8.14. The first-order chi connectivity index (χ1) is 27.0. The average molecular weight is 781 g/mol. The Balaban J connectivity index is 1.49. The molecule has 0 bridgehead atoms. The monoisotopic (exact) mass is 780 g/mol. The zero-order valence-electron chi connectivity index (χ0n) is 30.8. The topological polar surface area (TPSA) is 184 Å². The van der Waals surface area contributed by atoms with Gasteiger partial charge in [-0.3, -0.25) is 29.6 Å². The van der Waals surface area contributed by atoms with Crippen LogP contribution in [0.4, 0.5) is 11.4 Å². The number of nitro benzene ring substituents is 2. The van der Waals surface area contributed by atoms with E-state index in [9.17, 15) is 29.8 Å². The van der Waals surface area contributed by atoms with Gasteiger partial charge in [-0.15, -0.1) is 0 Å². The van der Waals surface area contributed by atoms with Gasteiger partial charge in [0.2, 0.25) is 0 Å². The maximum Gasteiger partial charge on any atom is 0.338 e. The van der Waals surface area contributed by atoms with E-state index >= 15 is 0 Å². The van der Waals surface area contributed by atoms with Crippen molar-refractivity contribution in [2.45, 2.75) is 40.0 Å². The number of nitrogens with zero attached hydrogens (tertiary/aromatic N) is 4. The summed E-state index contributed by atoms with van der Waals surface area (Å²) < 4.78 is 29.8. The van der Waals surface area contributed by atoms with Crippen LogP contribution in [0.3, 0.4) is 0 Å². The first-order valence-corrected chi connectivity index (χ1v) is 18.2. The van der Waals surface area contributed by atoms with Crippen LogP contribution in [0.25, 0.3) is 11.8 Å². The van der Waals surface area contributed by atoms with Crippen LogP contribution >= 0.6 is 11.3 Å². The quantitative estimate of drug-likeness (QED) is 0.0661. The summed E-state index contributed by atoms with van der Waals surface area (Å²) in [5.41, 5.74) is 0.326. The number of hydrogen-bond donors (Lipinski definition) is 0. The Labute approximate surface area is 323 Å². The normalized spacial score (nSPS) is 13.7. The fourth-order valence-electron chi connectivity index (χ4n) is 6.09. The Kier molecular flexibility index (Phi) is 11.9. The van der Waals surface area contributed by atoms with Crippen molar-refractivity contribution in [3.05, 3.63) is 153 Å². The lowest BCUT2D eigenvalue weighted by molar-refractivity contribution is -0.385. The highest BCUT2D eigenvalue weighted by Crippen LogP contribution is 2.43. The van der Waals surface area contributed by atoms with Gasteiger partial charge in [0.1, 0.15) is 19.3 Å². The summed E-state index contributed by atoms with van der Waals surface area (Å²) in [6.07, 6.45) is 1.33. The average Bonchev–Trinajstić information content (AvgIpc) is 3.51. The Morgan fingerprint density at radius 2 is 1.39 bits per heavy atom. The minimum Gasteiger partial charge on any atom is -0.493 e. The van der Waals surface area contributed by atoms with Crippen LogP contribution < -0.4 is 33.8 Å². The molecule has 1 aliphatic heterocycles. The molecule has 15 nitrogen and oxygen atoms in total. The molecule has 1 aromatic heterocycles. The van der Waals surface area contributed by atoms with E-state index in [4.69, 9.17) is 28.7 Å². The number of allylic oxidation sites excluding steroid dienone is 1. The van der Waals surface area contributed by atoms with E-state index in [-0.39, 0.29) is 86.8 Å². The van der Waals surface area contributed by atoms with Gasteiger partial charge < -0.3 is 23.7 Å². The zero-order chi connectivity index (χ0) is 39.9. The van der Waals surface area contributed by atoms with Crippen LogP contribution in [0.5, 0.6) is 23.0 Å². The van der Waals surface area contributed by atoms with Crippen molar-refractivity contribution in [1.29, 1.82) is 0 Å². The summed E-state index contributed by atoms with van der Waals surface area (Å²) in [7, 11) is 1.39. The smallest absolute Gasteiger partial charge is 0.338 e. The fourth-order valence-corrected chi connectivity index (χ4v) is 7.12. The van der Waals surface area contributed by atoms with E-state index in [2.05, 4.69) is 0 Å². The number of methoxy groups -OCH3 is 1. The molecule has 0 radical (unpaired) electrons. The van der Waals surface area contributed by atoms with Crippen LogP contribution in [-0.2, 0) is 22.7 Å². The number of aromatic nitrogens is 1. The van der Waals surface area contributed by atoms with E-state index in [0.29, 0.717) is 0 Å². The molecular formula is C40H36N4O11S. The van der Waals surface area contributed by atoms with Gasteiger partial charge >= 0.3 is 5.97 Å². The van der Waals surface area contributed by atoms with Crippen LogP contribution in [0.15, 0.2) is 100 Å². The first kappa shape index (κ1) is 38.9. The molecular weight excluding hydrogens is 745 g/mol. The number of carbonyl (C=O) groups excluding carboxylic acids is 1. The van der Waals surface area contributed by atoms with Gasteiger partial charge in [-0.1, -0.05) is 72.0 Å². The number of esters is 1. The molecule has 1 aliphatic rings. The van der Waals surface area contributed by atoms with Crippen molar-refractivity contribution in [2.75, 3.05) is 20.3 Å². The summed E-state index contributed by atoms with van der Waals surface area (Å²) in [5, 5.41) is 24.9. The van der Waals surface area contributed by atoms with Gasteiger partial charge in [0.25, 0.3) is 16.9 Å². The fraction of sp³-hybridized carbons (Fsp3) is 0.225. The van der Waals surface area contributed by atoms with Crippen molar-refractivity contribution in [3.8, 4) is 23.0 Å². The Morgan fingerprint density at radius 3 is 1.95 bits per heavy atom. The predicted octanol–water partition coefficient (Wildman–Crippen LogP) is 6.29. The largest absolute Gasteiger partial charge is 0.493 e. The summed E-state index contributed by atoms with van der Waals surface area (Å²) in [4.78, 5) is 56.2. The molecule has 6 rings (SSSR count). The van der Waals surface area contributed by atoms with E-state index < -0.39 is 33.1 Å². The molecule has 0 saturated heterocycles. The minimum atomic E-state index is -1.31. The van der Waals surface area contributed by atoms with Crippen molar-refractivity contribution in [3.63, 3.8) is 0 Å². The molecule has 56 heavy (non-hydrogen) atoms. The lowest BCUT2D eigenvalue weighted by Crippen LogP contribution is -2.35. The SMILES string of the molecule is CCOC(=O)C1=C(C)n2c(s/c(=C\c3cc(OC)c(OCc4ccccc4)cc3[N+](=O)[O-])c2=O)=N[C@H]1c1cc(OCC)c(OCc2ccccc2)cc1[N+](=O)[O-]. The summed E-state index contributed by atoms with van der Waals surface area (Å²) in [5.74, 6) is -0.225. The molecule has 0 amide bonds. The lowest BCUT2D eigenvalue weighted by atomic mass is 9.94. The second-order valence-electron chi connectivity index (χ2n) is 12.2. The second-order valence-corrected chi connectivity index (χ2v) is 13.2. The van der Waals surface area contributed by atoms with E-state index in [1.165, 1.54) is 48.9 Å². The molecule has 5 aromatic rings. The zero-order valence-corrected chi connectivity index (χ0v) is 31.6. The molecule has 0 unspecified atom stereocenters. The molecule has 1 atom stereocenters. The number of rotatable bonds is 15. The number of fused-ring (bicyclic) bond motifs is 1. The predicted molar refractivity (Wildman–Crippen MR) is 207 cm³/mol. The standard InChI is InChI=1S/C40H36N4O11S/c1-5-52-32-19-28(30(44(49)50)21-34(32)55-23-26-15-11-8-12-16-26)37-36(39(46)53-6-2)24(3)42-38(45)35(56-40(42)41-37)18-27-17-31(51-4)33(20-29(27)43(47)48)54-22-25-13-9-7-10-14-25/h7-21,37H,5-6,22-23H2,1-4H3/b35-18-/t37-/m0/s1. The highest BCUT2D eigenvalue weighted by atomic mass is 32.1. The molecule has 0 fully saturated rings. The third-order valence-electron chi connectivity index (χ3n) is 8.69. The summed E-state index contributed by atoms with van der Waals surface area (Å²) in [6.45, 7) is 5.25. The number of carbonyl (C=O) groups is 1. The Hall–Kier alpha value is -6.81. The van der Waals surface area contributed by atoms with Gasteiger partial charge in [-0.2, -0.15) is 0 Å². The van der Waals surface area contributed by atoms with Gasteiger partial charge in [-0.25, -0.2) is 9.79 Å². The van der Waals surface area contributed by atoms with Crippen LogP contribution in [0.2, 0.25) is 0 Å². The van der Waals surface area contributed by atoms with Crippen LogP contribution in [-0.4, -0.2) is 40.7 Å². The molecule has 2 heterocycles. The number of nitro groups is 2. The molecule has 0 aliphatic carbocycles. The van der Waals surface area contributed by atoms with Gasteiger partial charge in [0.15, 0.2) is 27.8 Å². The van der Waals surface area contributed by atoms with Crippen LogP contribution in [0, 0.1) is 20.2 Å². The van der Waals surface area contributed by atoms with Gasteiger partial charge in [-0.05, 0) is 50.1 Å². The number of benzene rings is 4. The van der Waals surface area contributed by atoms with E-state index in [0.717, 1.165) is 22.5 Å². The number of ether oxygens (including phenoxy) is 5. The highest BCUT2D eigenvalue weighted by Gasteiger charge is 2.36. The molecule has 4 aromatic carbocycles. The van der Waals surface area contributed by atoms with Crippen molar-refractivity contribution < 1.29 is 38.3 Å². The molecule has 16 heteroatoms. The van der Waals surface area contributed by atoms with Gasteiger partial charge in [0, 0.05) is 5.70 Å². The maximum absolute atomic E-state index is 14.0. The van der Waals surface area contributed by atoms with E-state index in [1.807, 2.05) is 60.7 Å². The summed E-state index contributed by atoms with van der Waals surface area (Å²) >= 11 is 0.891. The molecule has 0 N–H and O–H groups in total. The third-order valence-corrected chi connectivity index (χ3v) is 9.68. The van der Waals surface area contributed by atoms with Crippen molar-refractivity contribution >= 4 is 40.5 Å². The number of thiazole rings is 1. The Morgan fingerprint density at radius 1 is 0.821 bits per heavy atom. The molecule has 0 spiro atoms. The second kappa shape index (κ2) is 17.1. The summed E-state index contributed by atoms with van der Waals surface area (Å²) in [6, 6.07) is 22.4. The van der Waals surface area contributed by atoms with Gasteiger partial charge in [0.05, 0.1) is 63.5 Å². The molecule has 288 valence electrons. The van der Waals surface area contributed by atoms with Crippen molar-refractivity contribution in [1.82, 2.24) is 4.57 Å². The van der Waals surface area contributed by atoms with E-state index in [1.54, 1.807) is 13.8 Å². The number of hydrogen-bond acceptors (Lipinski definition) is 13. The highest BCUT2D eigenvalue weighted by molar-refractivity contribution is 7.07. The van der Waals surface area contributed by atoms with Crippen LogP contribution in [0.1, 0.15) is 49.1 Å². The first-order valence-electron chi connectivity index (χ1n) is 17.4. The Bertz CT molecular complexity index is 2520. The minimum absolute atomic E-state index is 0.00277. The van der Waals surface area contributed by atoms with Crippen molar-refractivity contribution in [2.24, 2.45) is 4.99 Å².